The molecule has 0 unspecified atom stereocenters. The highest BCUT2D eigenvalue weighted by atomic mass is 19.4. The number of rotatable bonds is 2. The maximum atomic E-state index is 12.3. The van der Waals surface area contributed by atoms with Crippen LogP contribution in [0.25, 0.3) is 10.9 Å². The van der Waals surface area contributed by atoms with Crippen molar-refractivity contribution in [3.05, 3.63) is 36.0 Å². The van der Waals surface area contributed by atoms with E-state index in [4.69, 9.17) is 10.8 Å². The van der Waals surface area contributed by atoms with Gasteiger partial charge in [-0.1, -0.05) is 6.07 Å². The van der Waals surface area contributed by atoms with E-state index in [1.807, 2.05) is 0 Å². The number of fused-ring (bicyclic) bond motifs is 1. The van der Waals surface area contributed by atoms with E-state index in [-0.39, 0.29) is 5.56 Å². The topological polar surface area (TPSA) is 62.0 Å². The summed E-state index contributed by atoms with van der Waals surface area (Å²) in [6, 6.07) is 4.89. The van der Waals surface area contributed by atoms with Crippen LogP contribution in [0, 0.1) is 0 Å². The highest BCUT2D eigenvalue weighted by molar-refractivity contribution is 5.80. The molecule has 0 radical (unpaired) electrons. The van der Waals surface area contributed by atoms with Gasteiger partial charge in [-0.25, -0.2) is 0 Å². The highest BCUT2D eigenvalue weighted by Crippen LogP contribution is 2.29. The zero-order valence-electron chi connectivity index (χ0n) is 8.70. The number of halogens is 3. The van der Waals surface area contributed by atoms with Crippen LogP contribution < -0.4 is 5.73 Å². The summed E-state index contributed by atoms with van der Waals surface area (Å²) < 4.78 is 36.9. The molecule has 92 valence electrons. The SMILES string of the molecule is N[C@@H](c1ccc2[nH]ccc2c1)[C@H](O)C(F)(F)F. The van der Waals surface area contributed by atoms with Crippen LogP contribution in [0.5, 0.6) is 0 Å². The average Bonchev–Trinajstić information content (AvgIpc) is 2.72. The second-order valence-electron chi connectivity index (χ2n) is 3.84. The van der Waals surface area contributed by atoms with Crippen molar-refractivity contribution in [1.82, 2.24) is 4.98 Å². The lowest BCUT2D eigenvalue weighted by atomic mass is 10.0. The monoisotopic (exact) mass is 244 g/mol. The minimum Gasteiger partial charge on any atom is -0.382 e. The summed E-state index contributed by atoms with van der Waals surface area (Å²) in [5, 5.41) is 9.83. The van der Waals surface area contributed by atoms with Crippen LogP contribution >= 0.6 is 0 Å². The molecule has 0 spiro atoms. The maximum absolute atomic E-state index is 12.3. The second-order valence-corrected chi connectivity index (χ2v) is 3.84. The Morgan fingerprint density at radius 3 is 2.59 bits per heavy atom. The Morgan fingerprint density at radius 1 is 1.24 bits per heavy atom. The number of nitrogens with one attached hydrogen (secondary N) is 1. The number of aliphatic hydroxyl groups is 1. The number of hydrogen-bond acceptors (Lipinski definition) is 2. The Labute approximate surface area is 95.0 Å². The van der Waals surface area contributed by atoms with E-state index in [0.717, 1.165) is 10.9 Å². The number of aliphatic hydroxyl groups excluding tert-OH is 1. The number of benzene rings is 1. The Kier molecular flexibility index (Phi) is 2.84. The summed E-state index contributed by atoms with van der Waals surface area (Å²) in [6.45, 7) is 0. The third-order valence-electron chi connectivity index (χ3n) is 2.64. The van der Waals surface area contributed by atoms with E-state index in [2.05, 4.69) is 4.98 Å². The van der Waals surface area contributed by atoms with Crippen LogP contribution in [0.3, 0.4) is 0 Å². The molecule has 0 bridgehead atoms. The fourth-order valence-electron chi connectivity index (χ4n) is 1.66. The number of alkyl halides is 3. The van der Waals surface area contributed by atoms with E-state index >= 15 is 0 Å². The van der Waals surface area contributed by atoms with Crippen molar-refractivity contribution in [2.75, 3.05) is 0 Å². The van der Waals surface area contributed by atoms with E-state index < -0.39 is 18.3 Å². The molecule has 0 aliphatic rings. The van der Waals surface area contributed by atoms with Gasteiger partial charge in [0.25, 0.3) is 0 Å². The molecule has 1 heterocycles. The van der Waals surface area contributed by atoms with Crippen molar-refractivity contribution in [1.29, 1.82) is 0 Å². The van der Waals surface area contributed by atoms with Crippen LogP contribution in [0.15, 0.2) is 30.5 Å². The molecule has 17 heavy (non-hydrogen) atoms. The molecule has 0 aliphatic heterocycles. The first kappa shape index (κ1) is 11.9. The zero-order chi connectivity index (χ0) is 12.6. The highest BCUT2D eigenvalue weighted by Gasteiger charge is 2.42. The van der Waals surface area contributed by atoms with Crippen molar-refractivity contribution < 1.29 is 18.3 Å². The van der Waals surface area contributed by atoms with Gasteiger partial charge in [0, 0.05) is 11.7 Å². The summed E-state index contributed by atoms with van der Waals surface area (Å²) in [6.07, 6.45) is -5.59. The largest absolute Gasteiger partial charge is 0.416 e. The molecule has 0 aliphatic carbocycles. The molecule has 1 aromatic heterocycles. The maximum Gasteiger partial charge on any atom is 0.416 e. The molecule has 0 saturated carbocycles. The van der Waals surface area contributed by atoms with Gasteiger partial charge in [0.15, 0.2) is 6.10 Å². The molecule has 0 saturated heterocycles. The smallest absolute Gasteiger partial charge is 0.382 e. The fraction of sp³-hybridized carbons (Fsp3) is 0.273. The third-order valence-corrected chi connectivity index (χ3v) is 2.64. The average molecular weight is 244 g/mol. The molecule has 1 aromatic carbocycles. The van der Waals surface area contributed by atoms with Gasteiger partial charge in [0.05, 0.1) is 6.04 Å². The number of nitrogens with two attached hydrogens (primary N) is 1. The predicted octanol–water partition coefficient (Wildman–Crippen LogP) is 2.09. The van der Waals surface area contributed by atoms with Gasteiger partial charge in [-0.05, 0) is 29.1 Å². The molecule has 0 fully saturated rings. The molecular formula is C11H11F3N2O. The first-order chi connectivity index (χ1) is 7.89. The van der Waals surface area contributed by atoms with Crippen molar-refractivity contribution in [2.45, 2.75) is 18.3 Å². The summed E-state index contributed by atoms with van der Waals surface area (Å²) in [7, 11) is 0. The van der Waals surface area contributed by atoms with Crippen LogP contribution in [0.4, 0.5) is 13.2 Å². The summed E-state index contributed by atoms with van der Waals surface area (Å²) in [5.74, 6) is 0. The first-order valence-corrected chi connectivity index (χ1v) is 4.97. The van der Waals surface area contributed by atoms with Gasteiger partial charge >= 0.3 is 6.18 Å². The minimum absolute atomic E-state index is 0.252. The Hall–Kier alpha value is -1.53. The standard InChI is InChI=1S/C11H11F3N2O/c12-11(13,14)10(17)9(15)7-1-2-8-6(5-7)3-4-16-8/h1-5,9-10,16-17H,15H2/t9-,10-/m0/s1. The Morgan fingerprint density at radius 2 is 1.94 bits per heavy atom. The lowest BCUT2D eigenvalue weighted by Gasteiger charge is -2.21. The van der Waals surface area contributed by atoms with E-state index in [1.165, 1.54) is 12.1 Å². The van der Waals surface area contributed by atoms with Crippen LogP contribution in [0.1, 0.15) is 11.6 Å². The van der Waals surface area contributed by atoms with Crippen molar-refractivity contribution in [3.8, 4) is 0 Å². The van der Waals surface area contributed by atoms with Crippen molar-refractivity contribution in [3.63, 3.8) is 0 Å². The van der Waals surface area contributed by atoms with Gasteiger partial charge in [-0.15, -0.1) is 0 Å². The van der Waals surface area contributed by atoms with Gasteiger partial charge < -0.3 is 15.8 Å². The van der Waals surface area contributed by atoms with Gasteiger partial charge in [0.1, 0.15) is 0 Å². The van der Waals surface area contributed by atoms with E-state index in [9.17, 15) is 13.2 Å². The molecule has 3 nitrogen and oxygen atoms in total. The van der Waals surface area contributed by atoms with E-state index in [1.54, 1.807) is 18.3 Å². The van der Waals surface area contributed by atoms with E-state index in [0.29, 0.717) is 0 Å². The lowest BCUT2D eigenvalue weighted by molar-refractivity contribution is -0.210. The predicted molar refractivity (Wildman–Crippen MR) is 57.3 cm³/mol. The molecule has 2 atom stereocenters. The Bertz CT molecular complexity index is 521. The lowest BCUT2D eigenvalue weighted by Crippen LogP contribution is -2.38. The van der Waals surface area contributed by atoms with Crippen LogP contribution in [-0.2, 0) is 0 Å². The van der Waals surface area contributed by atoms with Gasteiger partial charge in [-0.2, -0.15) is 13.2 Å². The van der Waals surface area contributed by atoms with Crippen LogP contribution in [-0.4, -0.2) is 22.4 Å². The Balaban J connectivity index is 2.32. The second kappa shape index (κ2) is 4.05. The molecule has 0 amide bonds. The van der Waals surface area contributed by atoms with Crippen molar-refractivity contribution >= 4 is 10.9 Å². The quantitative estimate of drug-likeness (QED) is 0.757. The van der Waals surface area contributed by atoms with Gasteiger partial charge in [0.2, 0.25) is 0 Å². The molecule has 6 heteroatoms. The normalized spacial score (nSPS) is 16.1. The fourth-order valence-corrected chi connectivity index (χ4v) is 1.66. The van der Waals surface area contributed by atoms with Crippen LogP contribution in [0.2, 0.25) is 0 Å². The van der Waals surface area contributed by atoms with Crippen molar-refractivity contribution in [2.24, 2.45) is 5.73 Å². The number of hydrogen-bond donors (Lipinski definition) is 3. The summed E-state index contributed by atoms with van der Waals surface area (Å²) in [4.78, 5) is 2.92. The summed E-state index contributed by atoms with van der Waals surface area (Å²) in [5.41, 5.74) is 6.46. The minimum atomic E-state index is -4.72. The molecular weight excluding hydrogens is 233 g/mol. The summed E-state index contributed by atoms with van der Waals surface area (Å²) >= 11 is 0. The third kappa shape index (κ3) is 2.27. The number of H-pyrrole nitrogens is 1. The molecule has 2 aromatic rings. The first-order valence-electron chi connectivity index (χ1n) is 4.97. The van der Waals surface area contributed by atoms with Gasteiger partial charge in [-0.3, -0.25) is 0 Å². The zero-order valence-corrected chi connectivity index (χ0v) is 8.70. The number of aromatic nitrogens is 1. The number of aromatic amines is 1. The molecule has 4 N–H and O–H groups in total. The molecule has 2 rings (SSSR count).